The maximum atomic E-state index is 14.2. The molecule has 4 rings (SSSR count). The van der Waals surface area contributed by atoms with Gasteiger partial charge in [0.05, 0.1) is 28.2 Å². The van der Waals surface area contributed by atoms with E-state index < -0.39 is 24.2 Å². The summed E-state index contributed by atoms with van der Waals surface area (Å²) in [7, 11) is 0. The average molecular weight is 538 g/mol. The zero-order valence-electron chi connectivity index (χ0n) is 19.0. The Kier molecular flexibility index (Phi) is 8.61. The van der Waals surface area contributed by atoms with Crippen molar-refractivity contribution in [3.05, 3.63) is 69.2 Å². The van der Waals surface area contributed by atoms with Crippen LogP contribution in [0.4, 0.5) is 13.2 Å². The topological polar surface area (TPSA) is 90.3 Å². The Morgan fingerprint density at radius 1 is 1.33 bits per heavy atom. The van der Waals surface area contributed by atoms with Gasteiger partial charge in [-0.2, -0.15) is 5.26 Å². The van der Waals surface area contributed by atoms with Gasteiger partial charge in [0.2, 0.25) is 0 Å². The van der Waals surface area contributed by atoms with E-state index in [0.29, 0.717) is 42.5 Å². The highest BCUT2D eigenvalue weighted by atomic mass is 35.5. The highest BCUT2D eigenvalue weighted by Gasteiger charge is 2.35. The van der Waals surface area contributed by atoms with Crippen molar-refractivity contribution in [2.75, 3.05) is 25.5 Å². The Morgan fingerprint density at radius 2 is 2.11 bits per heavy atom. The standard InChI is InChI=1S/C24H23ClF3N5O2S/c25-15-3-1-4-16(26)20(15)24(34)31-12-18(22-21(23(27)28)32-13-36-22)33-9-6-14(7-10-33)35-19-5-2-8-30-17(19)11-29/h1-5,8,14,18,23,32H,6-7,9-10,12-13H2,(H,31,34). The number of pyridine rings is 1. The quantitative estimate of drug-likeness (QED) is 0.522. The minimum absolute atomic E-state index is 0.00353. The fourth-order valence-electron chi connectivity index (χ4n) is 4.25. The van der Waals surface area contributed by atoms with Gasteiger partial charge in [-0.15, -0.1) is 11.8 Å². The van der Waals surface area contributed by atoms with Crippen LogP contribution >= 0.6 is 23.4 Å². The Hall–Kier alpha value is -2.94. The lowest BCUT2D eigenvalue weighted by atomic mass is 10.0. The molecule has 0 aliphatic carbocycles. The van der Waals surface area contributed by atoms with Crippen molar-refractivity contribution >= 4 is 29.3 Å². The maximum Gasteiger partial charge on any atom is 0.278 e. The summed E-state index contributed by atoms with van der Waals surface area (Å²) in [5.74, 6) is -0.763. The number of piperidine rings is 1. The molecule has 7 nitrogen and oxygen atoms in total. The van der Waals surface area contributed by atoms with Crippen LogP contribution in [-0.4, -0.2) is 59.9 Å². The van der Waals surface area contributed by atoms with Gasteiger partial charge in [-0.25, -0.2) is 18.2 Å². The fourth-order valence-corrected chi connectivity index (χ4v) is 5.62. The van der Waals surface area contributed by atoms with Gasteiger partial charge in [0.25, 0.3) is 12.3 Å². The molecule has 0 radical (unpaired) electrons. The molecule has 2 aliphatic rings. The molecule has 2 aliphatic heterocycles. The van der Waals surface area contributed by atoms with Crippen molar-refractivity contribution in [1.29, 1.82) is 5.26 Å². The first-order chi connectivity index (χ1) is 17.4. The molecular formula is C24H23ClF3N5O2S. The summed E-state index contributed by atoms with van der Waals surface area (Å²) in [4.78, 5) is 19.2. The number of carbonyl (C=O) groups excluding carboxylic acids is 1. The summed E-state index contributed by atoms with van der Waals surface area (Å²) in [5.41, 5.74) is -0.238. The summed E-state index contributed by atoms with van der Waals surface area (Å²) in [6.07, 6.45) is -0.187. The molecule has 1 atom stereocenters. The van der Waals surface area contributed by atoms with Gasteiger partial charge in [-0.3, -0.25) is 9.69 Å². The minimum Gasteiger partial charge on any atom is -0.487 e. The van der Waals surface area contributed by atoms with Crippen LogP contribution in [0.1, 0.15) is 28.9 Å². The number of ether oxygens (including phenoxy) is 1. The van der Waals surface area contributed by atoms with Crippen LogP contribution in [0, 0.1) is 17.1 Å². The lowest BCUT2D eigenvalue weighted by Gasteiger charge is -2.38. The molecule has 1 aromatic heterocycles. The normalized spacial score (nSPS) is 17.6. The highest BCUT2D eigenvalue weighted by molar-refractivity contribution is 8.03. The predicted octanol–water partition coefficient (Wildman–Crippen LogP) is 4.16. The fraction of sp³-hybridized carbons (Fsp3) is 0.375. The molecule has 0 spiro atoms. The molecule has 3 heterocycles. The van der Waals surface area contributed by atoms with E-state index in [1.807, 2.05) is 11.0 Å². The van der Waals surface area contributed by atoms with Gasteiger partial charge < -0.3 is 15.4 Å². The molecule has 2 aromatic rings. The summed E-state index contributed by atoms with van der Waals surface area (Å²) >= 11 is 7.27. The Labute approximate surface area is 215 Å². The van der Waals surface area contributed by atoms with Crippen LogP contribution in [0.5, 0.6) is 5.75 Å². The number of allylic oxidation sites excluding steroid dienone is 1. The molecular weight excluding hydrogens is 515 g/mol. The third-order valence-corrected chi connectivity index (χ3v) is 7.42. The van der Waals surface area contributed by atoms with Gasteiger partial charge in [-0.1, -0.05) is 17.7 Å². The van der Waals surface area contributed by atoms with E-state index in [1.54, 1.807) is 12.1 Å². The number of amides is 1. The molecule has 1 amide bonds. The van der Waals surface area contributed by atoms with Crippen LogP contribution in [0.2, 0.25) is 5.02 Å². The summed E-state index contributed by atoms with van der Waals surface area (Å²) < 4.78 is 47.6. The van der Waals surface area contributed by atoms with Crippen LogP contribution in [0.15, 0.2) is 47.1 Å². The van der Waals surface area contributed by atoms with Crippen molar-refractivity contribution in [2.24, 2.45) is 0 Å². The second kappa shape index (κ2) is 11.9. The van der Waals surface area contributed by atoms with Crippen LogP contribution < -0.4 is 15.4 Å². The predicted molar refractivity (Wildman–Crippen MR) is 130 cm³/mol. The number of alkyl halides is 2. The van der Waals surface area contributed by atoms with Gasteiger partial charge >= 0.3 is 0 Å². The van der Waals surface area contributed by atoms with Crippen molar-refractivity contribution in [3.8, 4) is 11.8 Å². The van der Waals surface area contributed by atoms with E-state index in [1.165, 1.54) is 30.1 Å². The number of halogens is 4. The van der Waals surface area contributed by atoms with E-state index in [9.17, 15) is 23.2 Å². The van der Waals surface area contributed by atoms with Gasteiger partial charge in [0.1, 0.15) is 18.0 Å². The SMILES string of the molecule is N#Cc1ncccc1OC1CCN(C(CNC(=O)c2c(F)cccc2Cl)C2=C(C(F)F)NCS2)CC1. The number of nitrogens with zero attached hydrogens (tertiary/aromatic N) is 3. The van der Waals surface area contributed by atoms with E-state index in [-0.39, 0.29) is 34.6 Å². The summed E-state index contributed by atoms with van der Waals surface area (Å²) in [5, 5.41) is 14.6. The smallest absolute Gasteiger partial charge is 0.278 e. The van der Waals surface area contributed by atoms with Crippen LogP contribution in [0.3, 0.4) is 0 Å². The molecule has 1 aromatic carbocycles. The zero-order valence-corrected chi connectivity index (χ0v) is 20.6. The second-order valence-corrected chi connectivity index (χ2v) is 9.61. The molecule has 190 valence electrons. The number of carbonyl (C=O) groups is 1. The molecule has 1 saturated heterocycles. The summed E-state index contributed by atoms with van der Waals surface area (Å²) in [6.45, 7) is 1.01. The lowest BCUT2D eigenvalue weighted by molar-refractivity contribution is 0.0794. The molecule has 1 fully saturated rings. The number of nitriles is 1. The average Bonchev–Trinajstić information content (AvgIpc) is 3.35. The van der Waals surface area contributed by atoms with Gasteiger partial charge in [-0.05, 0) is 37.1 Å². The van der Waals surface area contributed by atoms with Crippen molar-refractivity contribution in [2.45, 2.75) is 31.4 Å². The largest absolute Gasteiger partial charge is 0.487 e. The second-order valence-electron chi connectivity index (χ2n) is 8.18. The Bertz CT molecular complexity index is 1160. The Morgan fingerprint density at radius 3 is 2.81 bits per heavy atom. The van der Waals surface area contributed by atoms with Crippen molar-refractivity contribution < 1.29 is 22.7 Å². The maximum absolute atomic E-state index is 14.2. The molecule has 2 N–H and O–H groups in total. The number of aromatic nitrogens is 1. The first-order valence-corrected chi connectivity index (χ1v) is 12.6. The third-order valence-electron chi connectivity index (χ3n) is 6.01. The van der Waals surface area contributed by atoms with E-state index >= 15 is 0 Å². The van der Waals surface area contributed by atoms with E-state index in [2.05, 4.69) is 15.6 Å². The number of rotatable bonds is 8. The van der Waals surface area contributed by atoms with E-state index in [4.69, 9.17) is 16.3 Å². The number of nitrogens with one attached hydrogen (secondary N) is 2. The van der Waals surface area contributed by atoms with Crippen LogP contribution in [-0.2, 0) is 0 Å². The van der Waals surface area contributed by atoms with Crippen LogP contribution in [0.25, 0.3) is 0 Å². The molecule has 1 unspecified atom stereocenters. The number of benzene rings is 1. The Balaban J connectivity index is 1.48. The molecule has 12 heteroatoms. The van der Waals surface area contributed by atoms with Gasteiger partial charge in [0, 0.05) is 30.7 Å². The number of thioether (sulfide) groups is 1. The molecule has 0 saturated carbocycles. The first-order valence-electron chi connectivity index (χ1n) is 11.3. The monoisotopic (exact) mass is 537 g/mol. The zero-order chi connectivity index (χ0) is 25.7. The van der Waals surface area contributed by atoms with Crippen molar-refractivity contribution in [3.63, 3.8) is 0 Å². The lowest BCUT2D eigenvalue weighted by Crippen LogP contribution is -2.49. The number of likely N-dealkylation sites (tertiary alicyclic amines) is 1. The summed E-state index contributed by atoms with van der Waals surface area (Å²) in [6, 6.07) is 8.78. The minimum atomic E-state index is -2.69. The highest BCUT2D eigenvalue weighted by Crippen LogP contribution is 2.34. The number of hydrogen-bond acceptors (Lipinski definition) is 7. The first kappa shape index (κ1) is 26.1. The molecule has 36 heavy (non-hydrogen) atoms. The van der Waals surface area contributed by atoms with Crippen molar-refractivity contribution in [1.82, 2.24) is 20.5 Å². The van der Waals surface area contributed by atoms with E-state index in [0.717, 1.165) is 6.07 Å². The van der Waals surface area contributed by atoms with Gasteiger partial charge in [0.15, 0.2) is 11.4 Å². The molecule has 0 bridgehead atoms. The third kappa shape index (κ3) is 5.88. The number of hydrogen-bond donors (Lipinski definition) is 2.